The number of carbonyl (C=O) groups excluding carboxylic acids is 1. The average Bonchev–Trinajstić information content (AvgIpc) is 3.25. The first-order valence-electron chi connectivity index (χ1n) is 11.6. The average molecular weight is 505 g/mol. The van der Waals surface area contributed by atoms with Gasteiger partial charge in [0.15, 0.2) is 17.2 Å². The number of aliphatic hydroxyl groups excluding tert-OH is 1. The van der Waals surface area contributed by atoms with Gasteiger partial charge in [-0.2, -0.15) is 0 Å². The molecule has 0 spiro atoms. The van der Waals surface area contributed by atoms with Gasteiger partial charge >= 0.3 is 0 Å². The Balaban J connectivity index is 1.65. The van der Waals surface area contributed by atoms with Crippen LogP contribution in [0.2, 0.25) is 5.02 Å². The molecular weight excluding hydrogens is 475 g/mol. The van der Waals surface area contributed by atoms with Crippen molar-refractivity contribution in [2.45, 2.75) is 44.2 Å². The monoisotopic (exact) mass is 504 g/mol. The van der Waals surface area contributed by atoms with E-state index in [9.17, 15) is 14.3 Å². The van der Waals surface area contributed by atoms with Gasteiger partial charge in [0, 0.05) is 36.1 Å². The zero-order valence-electron chi connectivity index (χ0n) is 20.1. The van der Waals surface area contributed by atoms with Crippen molar-refractivity contribution in [2.75, 3.05) is 33.5 Å². The molecular formula is C26H30ClFN2O5. The van der Waals surface area contributed by atoms with Crippen molar-refractivity contribution in [3.8, 4) is 5.75 Å². The van der Waals surface area contributed by atoms with Crippen LogP contribution >= 0.6 is 11.6 Å². The van der Waals surface area contributed by atoms with E-state index in [0.29, 0.717) is 52.9 Å². The van der Waals surface area contributed by atoms with Crippen LogP contribution in [0, 0.1) is 0 Å². The number of alkyl halides is 1. The predicted octanol–water partition coefficient (Wildman–Crippen LogP) is 4.79. The molecule has 35 heavy (non-hydrogen) atoms. The molecule has 1 N–H and O–H groups in total. The second kappa shape index (κ2) is 10.5. The Labute approximate surface area is 208 Å². The van der Waals surface area contributed by atoms with Crippen LogP contribution in [0.5, 0.6) is 5.75 Å². The van der Waals surface area contributed by atoms with Gasteiger partial charge in [0.05, 0.1) is 32.0 Å². The number of nitrogens with zero attached hydrogens (tertiary/aromatic N) is 2. The Morgan fingerprint density at radius 2 is 2.17 bits per heavy atom. The molecule has 1 aliphatic rings. The largest absolute Gasteiger partial charge is 0.493 e. The molecule has 1 fully saturated rings. The number of halogens is 2. The Morgan fingerprint density at radius 1 is 1.37 bits per heavy atom. The van der Waals surface area contributed by atoms with Crippen molar-refractivity contribution >= 4 is 28.6 Å². The van der Waals surface area contributed by atoms with E-state index < -0.39 is 18.2 Å². The normalized spacial score (nSPS) is 18.6. The number of hydrogen-bond donors (Lipinski definition) is 1. The van der Waals surface area contributed by atoms with Crippen molar-refractivity contribution < 1.29 is 28.2 Å². The maximum atomic E-state index is 13.9. The van der Waals surface area contributed by atoms with Crippen LogP contribution in [0.3, 0.4) is 0 Å². The summed E-state index contributed by atoms with van der Waals surface area (Å²) in [5, 5.41) is 10.0. The fraction of sp³-hybridized carbons (Fsp3) is 0.462. The SMILES string of the molecule is COc1cc(C(=O)N2CC(C)(C)OC[C@H]2CCO)cc2nc(CC(CF)c3cccc(Cl)c3)oc12. The summed E-state index contributed by atoms with van der Waals surface area (Å²) < 4.78 is 31.2. The van der Waals surface area contributed by atoms with E-state index in [1.165, 1.54) is 7.11 Å². The molecule has 1 amide bonds. The van der Waals surface area contributed by atoms with E-state index in [4.69, 9.17) is 25.5 Å². The van der Waals surface area contributed by atoms with Gasteiger partial charge in [0.25, 0.3) is 5.91 Å². The van der Waals surface area contributed by atoms with Gasteiger partial charge in [0.2, 0.25) is 0 Å². The van der Waals surface area contributed by atoms with Crippen LogP contribution in [0.1, 0.15) is 48.0 Å². The highest BCUT2D eigenvalue weighted by atomic mass is 35.5. The van der Waals surface area contributed by atoms with Gasteiger partial charge in [-0.15, -0.1) is 0 Å². The molecule has 2 aromatic carbocycles. The van der Waals surface area contributed by atoms with E-state index in [1.807, 2.05) is 19.9 Å². The number of oxazole rings is 1. The van der Waals surface area contributed by atoms with E-state index in [-0.39, 0.29) is 25.0 Å². The third-order valence-electron chi connectivity index (χ3n) is 6.28. The summed E-state index contributed by atoms with van der Waals surface area (Å²) in [6.45, 7) is 3.95. The highest BCUT2D eigenvalue weighted by Crippen LogP contribution is 2.33. The zero-order valence-corrected chi connectivity index (χ0v) is 20.8. The summed E-state index contributed by atoms with van der Waals surface area (Å²) in [5.74, 6) is 0.0420. The van der Waals surface area contributed by atoms with Gasteiger partial charge in [0.1, 0.15) is 5.52 Å². The third-order valence-corrected chi connectivity index (χ3v) is 6.51. The first kappa shape index (κ1) is 25.4. The molecule has 1 saturated heterocycles. The van der Waals surface area contributed by atoms with Gasteiger partial charge in [-0.3, -0.25) is 9.18 Å². The molecule has 1 aromatic heterocycles. The minimum Gasteiger partial charge on any atom is -0.493 e. The molecule has 3 aromatic rings. The Hall–Kier alpha value is -2.68. The first-order valence-corrected chi connectivity index (χ1v) is 12.0. The number of ether oxygens (including phenoxy) is 2. The summed E-state index contributed by atoms with van der Waals surface area (Å²) in [5.41, 5.74) is 1.51. The van der Waals surface area contributed by atoms with E-state index in [1.54, 1.807) is 35.2 Å². The predicted molar refractivity (Wildman–Crippen MR) is 131 cm³/mol. The number of hydrogen-bond acceptors (Lipinski definition) is 6. The summed E-state index contributed by atoms with van der Waals surface area (Å²) in [4.78, 5) is 19.8. The van der Waals surface area contributed by atoms with Crippen LogP contribution in [0.4, 0.5) is 4.39 Å². The second-order valence-corrected chi connectivity index (χ2v) is 9.85. The van der Waals surface area contributed by atoms with Crippen molar-refractivity contribution in [1.29, 1.82) is 0 Å². The summed E-state index contributed by atoms with van der Waals surface area (Å²) in [6.07, 6.45) is 0.650. The van der Waals surface area contributed by atoms with Crippen molar-refractivity contribution in [3.63, 3.8) is 0 Å². The maximum absolute atomic E-state index is 13.9. The highest BCUT2D eigenvalue weighted by Gasteiger charge is 2.37. The molecule has 1 aliphatic heterocycles. The summed E-state index contributed by atoms with van der Waals surface area (Å²) in [7, 11) is 1.49. The van der Waals surface area contributed by atoms with Crippen LogP contribution in [-0.2, 0) is 11.2 Å². The quantitative estimate of drug-likeness (QED) is 0.475. The Bertz CT molecular complexity index is 1200. The molecule has 0 radical (unpaired) electrons. The van der Waals surface area contributed by atoms with Gasteiger partial charge < -0.3 is 23.9 Å². The third kappa shape index (κ3) is 5.60. The first-order chi connectivity index (χ1) is 16.7. The number of morpholine rings is 1. The van der Waals surface area contributed by atoms with Gasteiger partial charge in [-0.25, -0.2) is 4.98 Å². The molecule has 188 valence electrons. The minimum absolute atomic E-state index is 0.0460. The van der Waals surface area contributed by atoms with Gasteiger partial charge in [-0.1, -0.05) is 23.7 Å². The molecule has 4 rings (SSSR count). The number of benzene rings is 2. The van der Waals surface area contributed by atoms with Crippen LogP contribution in [-0.4, -0.2) is 66.1 Å². The van der Waals surface area contributed by atoms with E-state index in [0.717, 1.165) is 5.56 Å². The molecule has 9 heteroatoms. The zero-order chi connectivity index (χ0) is 25.2. The van der Waals surface area contributed by atoms with Crippen molar-refractivity contribution in [1.82, 2.24) is 9.88 Å². The number of carbonyl (C=O) groups is 1. The highest BCUT2D eigenvalue weighted by molar-refractivity contribution is 6.30. The maximum Gasteiger partial charge on any atom is 0.254 e. The lowest BCUT2D eigenvalue weighted by Crippen LogP contribution is -2.56. The molecule has 1 unspecified atom stereocenters. The van der Waals surface area contributed by atoms with E-state index in [2.05, 4.69) is 4.98 Å². The fourth-order valence-corrected chi connectivity index (χ4v) is 4.63. The van der Waals surface area contributed by atoms with E-state index >= 15 is 0 Å². The van der Waals surface area contributed by atoms with Crippen LogP contribution in [0.25, 0.3) is 11.1 Å². The van der Waals surface area contributed by atoms with Crippen LogP contribution < -0.4 is 4.74 Å². The number of rotatable bonds is 8. The Morgan fingerprint density at radius 3 is 2.86 bits per heavy atom. The molecule has 2 heterocycles. The minimum atomic E-state index is -0.598. The number of aromatic nitrogens is 1. The second-order valence-electron chi connectivity index (χ2n) is 9.41. The lowest BCUT2D eigenvalue weighted by atomic mass is 9.97. The number of aliphatic hydroxyl groups is 1. The molecule has 0 aliphatic carbocycles. The molecule has 7 nitrogen and oxygen atoms in total. The lowest BCUT2D eigenvalue weighted by molar-refractivity contribution is -0.105. The van der Waals surface area contributed by atoms with Crippen LogP contribution in [0.15, 0.2) is 40.8 Å². The van der Waals surface area contributed by atoms with Crippen molar-refractivity contribution in [2.24, 2.45) is 0 Å². The number of fused-ring (bicyclic) bond motifs is 1. The standard InChI is InChI=1S/C26H30ClFN2O5/c1-26(2)15-30(20(7-8-31)14-34-26)25(32)17-10-21-24(22(11-17)33-3)35-23(29-21)12-18(13-28)16-5-4-6-19(27)9-16/h4-6,9-11,18,20,31H,7-8,12-15H2,1-3H3/t18?,20-/m1/s1. The summed E-state index contributed by atoms with van der Waals surface area (Å²) >= 11 is 6.08. The molecule has 0 bridgehead atoms. The van der Waals surface area contributed by atoms with Crippen molar-refractivity contribution in [3.05, 3.63) is 58.4 Å². The van der Waals surface area contributed by atoms with Gasteiger partial charge in [-0.05, 0) is 50.1 Å². The smallest absolute Gasteiger partial charge is 0.254 e. The Kier molecular flexibility index (Phi) is 7.64. The topological polar surface area (TPSA) is 85.0 Å². The summed E-state index contributed by atoms with van der Waals surface area (Å²) in [6, 6.07) is 10.1. The molecule has 2 atom stereocenters. The molecule has 0 saturated carbocycles. The fourth-order valence-electron chi connectivity index (χ4n) is 4.43. The number of amides is 1. The lowest BCUT2D eigenvalue weighted by Gasteiger charge is -2.43. The number of methoxy groups -OCH3 is 1.